The monoisotopic (exact) mass is 368 g/mol. The summed E-state index contributed by atoms with van der Waals surface area (Å²) in [5.74, 6) is 0.779. The van der Waals surface area contributed by atoms with Crippen LogP contribution in [0.15, 0.2) is 34.2 Å². The van der Waals surface area contributed by atoms with Gasteiger partial charge < -0.3 is 15.4 Å². The predicted octanol–water partition coefficient (Wildman–Crippen LogP) is 0.130. The zero-order chi connectivity index (χ0) is 18.1. The van der Waals surface area contributed by atoms with Crippen molar-refractivity contribution in [3.63, 3.8) is 0 Å². The highest BCUT2D eigenvalue weighted by atomic mass is 32.2. The van der Waals surface area contributed by atoms with E-state index >= 15 is 0 Å². The molecule has 0 atom stereocenters. The molecule has 0 unspecified atom stereocenters. The van der Waals surface area contributed by atoms with Gasteiger partial charge in [-0.2, -0.15) is 0 Å². The molecule has 25 heavy (non-hydrogen) atoms. The minimum absolute atomic E-state index is 0.352. The molecule has 0 amide bonds. The van der Waals surface area contributed by atoms with Crippen LogP contribution in [-0.2, 0) is 21.0 Å². The second kappa shape index (κ2) is 9.74. The summed E-state index contributed by atoms with van der Waals surface area (Å²) in [7, 11) is -1.38. The summed E-state index contributed by atoms with van der Waals surface area (Å²) in [5.41, 5.74) is 1.09. The molecule has 2 N–H and O–H groups in total. The molecule has 1 aromatic carbocycles. The first-order valence-electron chi connectivity index (χ1n) is 8.52. The number of aliphatic imine (C=N–C) groups is 1. The lowest BCUT2D eigenvalue weighted by atomic mass is 10.1. The fourth-order valence-corrected chi connectivity index (χ4v) is 3.24. The van der Waals surface area contributed by atoms with Gasteiger partial charge in [0.15, 0.2) is 15.8 Å². The van der Waals surface area contributed by atoms with Crippen LogP contribution in [0.25, 0.3) is 0 Å². The number of benzene rings is 1. The summed E-state index contributed by atoms with van der Waals surface area (Å²) in [6, 6.07) is 7.01. The highest BCUT2D eigenvalue weighted by Gasteiger charge is 2.09. The van der Waals surface area contributed by atoms with Gasteiger partial charge >= 0.3 is 0 Å². The number of nitrogens with one attached hydrogen (secondary N) is 2. The van der Waals surface area contributed by atoms with Crippen LogP contribution in [0, 0.1) is 0 Å². The van der Waals surface area contributed by atoms with E-state index in [-0.39, 0.29) is 0 Å². The second-order valence-electron chi connectivity index (χ2n) is 6.05. The van der Waals surface area contributed by atoms with Crippen LogP contribution >= 0.6 is 0 Å². The van der Waals surface area contributed by atoms with Crippen LogP contribution in [-0.4, -0.2) is 78.5 Å². The molecule has 1 aliphatic rings. The molecular weight excluding hydrogens is 340 g/mol. The summed E-state index contributed by atoms with van der Waals surface area (Å²) < 4.78 is 28.2. The topological polar surface area (TPSA) is 83.0 Å². The highest BCUT2D eigenvalue weighted by Crippen LogP contribution is 2.10. The van der Waals surface area contributed by atoms with Crippen LogP contribution in [0.4, 0.5) is 0 Å². The standard InChI is InChI=1S/C17H28N4O3S/c1-18-17(20-9-10-21-11-13-24-14-12-21)19-8-7-15-3-5-16(6-4-15)25(2,22)23/h3-6H,7-14H2,1-2H3,(H2,18,19,20). The van der Waals surface area contributed by atoms with Crippen molar-refractivity contribution < 1.29 is 13.2 Å². The van der Waals surface area contributed by atoms with E-state index in [2.05, 4.69) is 20.5 Å². The molecular formula is C17H28N4O3S. The van der Waals surface area contributed by atoms with E-state index in [1.807, 2.05) is 12.1 Å². The lowest BCUT2D eigenvalue weighted by Gasteiger charge is -2.26. The van der Waals surface area contributed by atoms with E-state index in [0.29, 0.717) is 4.90 Å². The van der Waals surface area contributed by atoms with Gasteiger partial charge in [0.05, 0.1) is 18.1 Å². The number of hydrogen-bond donors (Lipinski definition) is 2. The van der Waals surface area contributed by atoms with Gasteiger partial charge in [0.25, 0.3) is 0 Å². The van der Waals surface area contributed by atoms with Crippen molar-refractivity contribution in [2.24, 2.45) is 4.99 Å². The normalized spacial score (nSPS) is 16.6. The molecule has 0 saturated carbocycles. The average Bonchev–Trinajstić information content (AvgIpc) is 2.61. The first-order valence-corrected chi connectivity index (χ1v) is 10.4. The number of morpholine rings is 1. The molecule has 1 aliphatic heterocycles. The van der Waals surface area contributed by atoms with Crippen LogP contribution in [0.2, 0.25) is 0 Å². The number of sulfone groups is 1. The summed E-state index contributed by atoms with van der Waals surface area (Å²) in [4.78, 5) is 6.94. The van der Waals surface area contributed by atoms with Crippen molar-refractivity contribution in [1.29, 1.82) is 0 Å². The van der Waals surface area contributed by atoms with Gasteiger partial charge in [-0.3, -0.25) is 9.89 Å². The van der Waals surface area contributed by atoms with E-state index < -0.39 is 9.84 Å². The quantitative estimate of drug-likeness (QED) is 0.526. The van der Waals surface area contributed by atoms with Crippen LogP contribution in [0.1, 0.15) is 5.56 Å². The Bertz CT molecular complexity index is 653. The smallest absolute Gasteiger partial charge is 0.191 e. The summed E-state index contributed by atoms with van der Waals surface area (Å²) in [5, 5.41) is 6.59. The number of guanidine groups is 1. The van der Waals surface area contributed by atoms with Gasteiger partial charge in [-0.15, -0.1) is 0 Å². The van der Waals surface area contributed by atoms with Crippen molar-refractivity contribution in [2.45, 2.75) is 11.3 Å². The Morgan fingerprint density at radius 1 is 1.16 bits per heavy atom. The van der Waals surface area contributed by atoms with Gasteiger partial charge in [-0.25, -0.2) is 8.42 Å². The maximum atomic E-state index is 11.5. The molecule has 1 aromatic rings. The second-order valence-corrected chi connectivity index (χ2v) is 8.06. The van der Waals surface area contributed by atoms with E-state index in [1.54, 1.807) is 19.2 Å². The number of hydrogen-bond acceptors (Lipinski definition) is 5. The molecule has 1 fully saturated rings. The Morgan fingerprint density at radius 2 is 1.80 bits per heavy atom. The lowest BCUT2D eigenvalue weighted by molar-refractivity contribution is 0.0389. The summed E-state index contributed by atoms with van der Waals surface area (Å²) >= 11 is 0. The van der Waals surface area contributed by atoms with Gasteiger partial charge in [0, 0.05) is 46.0 Å². The Morgan fingerprint density at radius 3 is 2.40 bits per heavy atom. The fourth-order valence-electron chi connectivity index (χ4n) is 2.61. The fraction of sp³-hybridized carbons (Fsp3) is 0.588. The minimum atomic E-state index is -3.13. The van der Waals surface area contributed by atoms with Crippen molar-refractivity contribution in [1.82, 2.24) is 15.5 Å². The summed E-state index contributed by atoms with van der Waals surface area (Å²) in [6.07, 6.45) is 2.02. The molecule has 0 spiro atoms. The molecule has 1 heterocycles. The van der Waals surface area contributed by atoms with Crippen molar-refractivity contribution in [3.8, 4) is 0 Å². The van der Waals surface area contributed by atoms with E-state index in [1.165, 1.54) is 6.26 Å². The van der Waals surface area contributed by atoms with E-state index in [9.17, 15) is 8.42 Å². The molecule has 140 valence electrons. The maximum absolute atomic E-state index is 11.5. The van der Waals surface area contributed by atoms with Crippen LogP contribution in [0.3, 0.4) is 0 Å². The van der Waals surface area contributed by atoms with Crippen LogP contribution in [0.5, 0.6) is 0 Å². The highest BCUT2D eigenvalue weighted by molar-refractivity contribution is 7.90. The van der Waals surface area contributed by atoms with Gasteiger partial charge in [0.2, 0.25) is 0 Å². The predicted molar refractivity (Wildman–Crippen MR) is 99.9 cm³/mol. The Hall–Kier alpha value is -1.64. The molecule has 8 heteroatoms. The first kappa shape index (κ1) is 19.7. The number of nitrogens with zero attached hydrogens (tertiary/aromatic N) is 2. The molecule has 2 rings (SSSR count). The Balaban J connectivity index is 1.68. The third-order valence-electron chi connectivity index (χ3n) is 4.11. The third-order valence-corrected chi connectivity index (χ3v) is 5.23. The molecule has 7 nitrogen and oxygen atoms in total. The zero-order valence-electron chi connectivity index (χ0n) is 15.0. The summed E-state index contributed by atoms with van der Waals surface area (Å²) in [6.45, 7) is 6.12. The first-order chi connectivity index (χ1) is 12.0. The number of rotatable bonds is 7. The number of ether oxygens (including phenoxy) is 1. The molecule has 0 radical (unpaired) electrons. The van der Waals surface area contributed by atoms with Crippen molar-refractivity contribution in [3.05, 3.63) is 29.8 Å². The van der Waals surface area contributed by atoms with E-state index in [4.69, 9.17) is 4.74 Å². The maximum Gasteiger partial charge on any atom is 0.191 e. The molecule has 1 saturated heterocycles. The van der Waals surface area contributed by atoms with Crippen molar-refractivity contribution in [2.75, 3.05) is 59.2 Å². The van der Waals surface area contributed by atoms with Gasteiger partial charge in [-0.05, 0) is 24.1 Å². The molecule has 0 aromatic heterocycles. The lowest BCUT2D eigenvalue weighted by Crippen LogP contribution is -2.44. The minimum Gasteiger partial charge on any atom is -0.379 e. The molecule has 0 aliphatic carbocycles. The Labute approximate surface area is 150 Å². The zero-order valence-corrected chi connectivity index (χ0v) is 15.8. The van der Waals surface area contributed by atoms with Crippen molar-refractivity contribution >= 4 is 15.8 Å². The largest absolute Gasteiger partial charge is 0.379 e. The third kappa shape index (κ3) is 7.01. The molecule has 0 bridgehead atoms. The SMILES string of the molecule is CN=C(NCCc1ccc(S(C)(=O)=O)cc1)NCCN1CCOCC1. The van der Waals surface area contributed by atoms with E-state index in [0.717, 1.165) is 63.9 Å². The van der Waals surface area contributed by atoms with Crippen LogP contribution < -0.4 is 10.6 Å². The van der Waals surface area contributed by atoms with Gasteiger partial charge in [0.1, 0.15) is 0 Å². The van der Waals surface area contributed by atoms with Gasteiger partial charge in [-0.1, -0.05) is 12.1 Å². The average molecular weight is 369 g/mol. The Kier molecular flexibility index (Phi) is 7.67.